The Hall–Kier alpha value is -1.28. The van der Waals surface area contributed by atoms with Gasteiger partial charge < -0.3 is 9.64 Å². The lowest BCUT2D eigenvalue weighted by atomic mass is 10.00. The van der Waals surface area contributed by atoms with Crippen molar-refractivity contribution in [3.8, 4) is 5.75 Å². The normalized spacial score (nSPS) is 17.3. The number of methoxy groups -OCH3 is 1. The lowest BCUT2D eigenvalue weighted by Gasteiger charge is -2.22. The Morgan fingerprint density at radius 1 is 1.20 bits per heavy atom. The Kier molecular flexibility index (Phi) is 3.07. The molecule has 1 heterocycles. The Bertz CT molecular complexity index is 353. The van der Waals surface area contributed by atoms with Gasteiger partial charge in [0, 0.05) is 13.1 Å². The second-order valence-electron chi connectivity index (χ2n) is 3.97. The maximum absolute atomic E-state index is 5.15. The van der Waals surface area contributed by atoms with Crippen molar-refractivity contribution in [3.05, 3.63) is 35.9 Å². The molecule has 0 saturated heterocycles. The molecule has 0 spiro atoms. The highest BCUT2D eigenvalue weighted by Gasteiger charge is 2.09. The Balaban J connectivity index is 2.16. The van der Waals surface area contributed by atoms with E-state index in [1.165, 1.54) is 11.1 Å². The largest absolute Gasteiger partial charge is 0.497 e. The van der Waals surface area contributed by atoms with Crippen LogP contribution in [-0.4, -0.2) is 32.1 Å². The second-order valence-corrected chi connectivity index (χ2v) is 3.97. The molecule has 0 bridgehead atoms. The van der Waals surface area contributed by atoms with Crippen LogP contribution in [-0.2, 0) is 0 Å². The molecule has 2 heteroatoms. The molecule has 0 atom stereocenters. The van der Waals surface area contributed by atoms with E-state index in [-0.39, 0.29) is 0 Å². The van der Waals surface area contributed by atoms with Crippen LogP contribution in [0.25, 0.3) is 5.57 Å². The molecule has 0 aromatic heterocycles. The second kappa shape index (κ2) is 4.49. The molecule has 0 N–H and O–H groups in total. The van der Waals surface area contributed by atoms with Gasteiger partial charge in [0.2, 0.25) is 0 Å². The zero-order valence-corrected chi connectivity index (χ0v) is 9.36. The summed E-state index contributed by atoms with van der Waals surface area (Å²) < 4.78 is 5.15. The summed E-state index contributed by atoms with van der Waals surface area (Å²) in [5, 5.41) is 0. The first-order chi connectivity index (χ1) is 7.29. The monoisotopic (exact) mass is 203 g/mol. The van der Waals surface area contributed by atoms with E-state index in [0.717, 1.165) is 25.3 Å². The molecule has 2 rings (SSSR count). The van der Waals surface area contributed by atoms with Crippen molar-refractivity contribution in [2.24, 2.45) is 0 Å². The van der Waals surface area contributed by atoms with Crippen molar-refractivity contribution in [1.82, 2.24) is 4.90 Å². The first-order valence-electron chi connectivity index (χ1n) is 5.31. The van der Waals surface area contributed by atoms with Gasteiger partial charge in [0.25, 0.3) is 0 Å². The van der Waals surface area contributed by atoms with Gasteiger partial charge in [-0.3, -0.25) is 0 Å². The molecule has 0 fully saturated rings. The highest BCUT2D eigenvalue weighted by molar-refractivity contribution is 5.67. The minimum Gasteiger partial charge on any atom is -0.497 e. The van der Waals surface area contributed by atoms with Gasteiger partial charge in [0.1, 0.15) is 5.75 Å². The summed E-state index contributed by atoms with van der Waals surface area (Å²) in [7, 11) is 3.85. The molecule has 0 aliphatic carbocycles. The van der Waals surface area contributed by atoms with Crippen molar-refractivity contribution in [1.29, 1.82) is 0 Å². The van der Waals surface area contributed by atoms with E-state index >= 15 is 0 Å². The van der Waals surface area contributed by atoms with Gasteiger partial charge >= 0.3 is 0 Å². The van der Waals surface area contributed by atoms with Crippen molar-refractivity contribution in [2.75, 3.05) is 27.2 Å². The number of likely N-dealkylation sites (N-methyl/N-ethyl adjacent to an activating group) is 1. The minimum absolute atomic E-state index is 0.923. The van der Waals surface area contributed by atoms with Crippen LogP contribution in [0.3, 0.4) is 0 Å². The van der Waals surface area contributed by atoms with Crippen LogP contribution in [0.1, 0.15) is 12.0 Å². The molecule has 2 nitrogen and oxygen atoms in total. The van der Waals surface area contributed by atoms with E-state index < -0.39 is 0 Å². The lowest BCUT2D eigenvalue weighted by molar-refractivity contribution is 0.370. The number of ether oxygens (including phenoxy) is 1. The molecule has 1 aromatic carbocycles. The topological polar surface area (TPSA) is 12.5 Å². The maximum atomic E-state index is 5.15. The summed E-state index contributed by atoms with van der Waals surface area (Å²) >= 11 is 0. The Labute approximate surface area is 91.2 Å². The number of hydrogen-bond donors (Lipinski definition) is 0. The van der Waals surface area contributed by atoms with E-state index in [1.54, 1.807) is 7.11 Å². The number of hydrogen-bond acceptors (Lipinski definition) is 2. The highest BCUT2D eigenvalue weighted by atomic mass is 16.5. The molecule has 0 amide bonds. The predicted molar refractivity (Wildman–Crippen MR) is 63.1 cm³/mol. The predicted octanol–water partition coefficient (Wildman–Crippen LogP) is 2.41. The van der Waals surface area contributed by atoms with Gasteiger partial charge in [0.15, 0.2) is 0 Å². The Morgan fingerprint density at radius 3 is 2.47 bits per heavy atom. The third kappa shape index (κ3) is 2.39. The third-order valence-corrected chi connectivity index (χ3v) is 2.87. The minimum atomic E-state index is 0.923. The van der Waals surface area contributed by atoms with Crippen molar-refractivity contribution >= 4 is 5.57 Å². The van der Waals surface area contributed by atoms with Crippen molar-refractivity contribution in [3.63, 3.8) is 0 Å². The lowest BCUT2D eigenvalue weighted by Crippen LogP contribution is -2.23. The van der Waals surface area contributed by atoms with Crippen molar-refractivity contribution in [2.45, 2.75) is 6.42 Å². The quantitative estimate of drug-likeness (QED) is 0.732. The molecule has 1 aliphatic heterocycles. The third-order valence-electron chi connectivity index (χ3n) is 2.87. The first kappa shape index (κ1) is 10.2. The van der Waals surface area contributed by atoms with Gasteiger partial charge in [-0.2, -0.15) is 0 Å². The summed E-state index contributed by atoms with van der Waals surface area (Å²) in [5.41, 5.74) is 2.78. The molecule has 0 saturated carbocycles. The fraction of sp³-hybridized carbons (Fsp3) is 0.385. The number of nitrogens with zero attached hydrogens (tertiary/aromatic N) is 1. The smallest absolute Gasteiger partial charge is 0.118 e. The average Bonchev–Trinajstić information content (AvgIpc) is 2.30. The van der Waals surface area contributed by atoms with Crippen molar-refractivity contribution < 1.29 is 4.74 Å². The Morgan fingerprint density at radius 2 is 1.93 bits per heavy atom. The van der Waals surface area contributed by atoms with Crippen LogP contribution >= 0.6 is 0 Å². The van der Waals surface area contributed by atoms with Gasteiger partial charge in [0.05, 0.1) is 7.11 Å². The number of benzene rings is 1. The summed E-state index contributed by atoms with van der Waals surface area (Å²) in [5.74, 6) is 0.923. The van der Waals surface area contributed by atoms with Crippen LogP contribution in [0.5, 0.6) is 5.75 Å². The van der Waals surface area contributed by atoms with E-state index in [9.17, 15) is 0 Å². The zero-order valence-electron chi connectivity index (χ0n) is 9.36. The van der Waals surface area contributed by atoms with E-state index in [4.69, 9.17) is 4.74 Å². The molecule has 0 unspecified atom stereocenters. The molecule has 80 valence electrons. The van der Waals surface area contributed by atoms with E-state index in [2.05, 4.69) is 30.2 Å². The summed E-state index contributed by atoms with van der Waals surface area (Å²) in [6, 6.07) is 8.31. The fourth-order valence-electron chi connectivity index (χ4n) is 1.84. The standard InChI is InChI=1S/C13H17NO/c1-14-9-7-12(8-10-14)11-3-5-13(15-2)6-4-11/h3-7H,8-10H2,1-2H3. The summed E-state index contributed by atoms with van der Waals surface area (Å²) in [6.07, 6.45) is 3.45. The SMILES string of the molecule is COc1ccc(C2=CCN(C)CC2)cc1. The molecule has 0 radical (unpaired) electrons. The van der Waals surface area contributed by atoms with E-state index in [1.807, 2.05) is 12.1 Å². The molecular formula is C13H17NO. The van der Waals surface area contributed by atoms with Crippen LogP contribution in [0.15, 0.2) is 30.3 Å². The number of rotatable bonds is 2. The van der Waals surface area contributed by atoms with Crippen LogP contribution in [0.4, 0.5) is 0 Å². The van der Waals surface area contributed by atoms with Crippen LogP contribution in [0, 0.1) is 0 Å². The molecule has 1 aliphatic rings. The first-order valence-corrected chi connectivity index (χ1v) is 5.31. The summed E-state index contributed by atoms with van der Waals surface area (Å²) in [4.78, 5) is 2.33. The zero-order chi connectivity index (χ0) is 10.7. The van der Waals surface area contributed by atoms with Crippen LogP contribution < -0.4 is 4.74 Å². The van der Waals surface area contributed by atoms with Gasteiger partial charge in [-0.15, -0.1) is 0 Å². The highest BCUT2D eigenvalue weighted by Crippen LogP contribution is 2.23. The van der Waals surface area contributed by atoms with Gasteiger partial charge in [-0.25, -0.2) is 0 Å². The summed E-state index contributed by atoms with van der Waals surface area (Å²) in [6.45, 7) is 2.21. The van der Waals surface area contributed by atoms with E-state index in [0.29, 0.717) is 0 Å². The average molecular weight is 203 g/mol. The molecule has 1 aromatic rings. The fourth-order valence-corrected chi connectivity index (χ4v) is 1.84. The van der Waals surface area contributed by atoms with Crippen LogP contribution in [0.2, 0.25) is 0 Å². The van der Waals surface area contributed by atoms with Gasteiger partial charge in [-0.1, -0.05) is 18.2 Å². The van der Waals surface area contributed by atoms with Gasteiger partial charge in [-0.05, 0) is 36.7 Å². The molecule has 15 heavy (non-hydrogen) atoms. The maximum Gasteiger partial charge on any atom is 0.118 e. The molecular weight excluding hydrogens is 186 g/mol.